The van der Waals surface area contributed by atoms with E-state index in [1.54, 1.807) is 72.8 Å². The van der Waals surface area contributed by atoms with Crippen LogP contribution in [0, 0.1) is 0 Å². The van der Waals surface area contributed by atoms with Crippen LogP contribution >= 0.6 is 23.2 Å². The van der Waals surface area contributed by atoms with Gasteiger partial charge in [0.05, 0.1) is 0 Å². The molecule has 0 saturated carbocycles. The molecule has 192 valence electrons. The molecule has 0 aliphatic carbocycles. The van der Waals surface area contributed by atoms with Gasteiger partial charge in [0.25, 0.3) is 5.91 Å². The number of halogens is 2. The van der Waals surface area contributed by atoms with Gasteiger partial charge >= 0.3 is 5.97 Å². The largest absolute Gasteiger partial charge is 0.489 e. The second-order valence-corrected chi connectivity index (χ2v) is 8.80. The van der Waals surface area contributed by atoms with E-state index in [9.17, 15) is 9.59 Å². The summed E-state index contributed by atoms with van der Waals surface area (Å²) >= 11 is 12.3. The highest BCUT2D eigenvalue weighted by molar-refractivity contribution is 6.35. The van der Waals surface area contributed by atoms with Crippen LogP contribution < -0.4 is 14.8 Å². The molecule has 1 N–H and O–H groups in total. The van der Waals surface area contributed by atoms with Crippen molar-refractivity contribution in [1.82, 2.24) is 0 Å². The van der Waals surface area contributed by atoms with Crippen LogP contribution in [0.5, 0.6) is 17.2 Å². The minimum atomic E-state index is -0.638. The zero-order chi connectivity index (χ0) is 26.7. The lowest BCUT2D eigenvalue weighted by molar-refractivity contribution is -0.142. The Bertz CT molecular complexity index is 1390. The summed E-state index contributed by atoms with van der Waals surface area (Å²) in [5.74, 6) is 0.878. The van der Waals surface area contributed by atoms with Crippen molar-refractivity contribution < 1.29 is 23.8 Å². The van der Waals surface area contributed by atoms with Crippen LogP contribution in [0.15, 0.2) is 103 Å². The van der Waals surface area contributed by atoms with Gasteiger partial charge in [0.15, 0.2) is 6.61 Å². The van der Waals surface area contributed by atoms with Crippen LogP contribution in [0.4, 0.5) is 5.69 Å². The van der Waals surface area contributed by atoms with Gasteiger partial charge in [0.1, 0.15) is 23.9 Å². The summed E-state index contributed by atoms with van der Waals surface area (Å²) in [7, 11) is 0. The van der Waals surface area contributed by atoms with Crippen LogP contribution in [0.25, 0.3) is 6.08 Å². The van der Waals surface area contributed by atoms with Crippen LogP contribution in [0.3, 0.4) is 0 Å². The third-order valence-corrected chi connectivity index (χ3v) is 5.91. The van der Waals surface area contributed by atoms with E-state index in [0.29, 0.717) is 38.5 Å². The summed E-state index contributed by atoms with van der Waals surface area (Å²) in [4.78, 5) is 24.2. The van der Waals surface area contributed by atoms with Gasteiger partial charge in [-0.15, -0.1) is 0 Å². The fourth-order valence-corrected chi connectivity index (χ4v) is 3.78. The molecule has 4 rings (SSSR count). The van der Waals surface area contributed by atoms with E-state index >= 15 is 0 Å². The Balaban J connectivity index is 1.19. The zero-order valence-corrected chi connectivity index (χ0v) is 21.6. The Kier molecular flexibility index (Phi) is 9.40. The summed E-state index contributed by atoms with van der Waals surface area (Å²) in [6.07, 6.45) is 2.84. The highest BCUT2D eigenvalue weighted by Crippen LogP contribution is 2.26. The van der Waals surface area contributed by atoms with Gasteiger partial charge in [0.2, 0.25) is 0 Å². The van der Waals surface area contributed by atoms with Crippen molar-refractivity contribution >= 4 is 46.8 Å². The Hall–Kier alpha value is -4.26. The van der Waals surface area contributed by atoms with Crippen LogP contribution in [0.2, 0.25) is 10.0 Å². The molecule has 0 bridgehead atoms. The third-order valence-electron chi connectivity index (χ3n) is 5.20. The molecule has 0 aromatic heterocycles. The number of benzene rings is 4. The Labute approximate surface area is 230 Å². The average molecular weight is 548 g/mol. The normalized spacial score (nSPS) is 10.7. The second-order valence-electron chi connectivity index (χ2n) is 7.99. The monoisotopic (exact) mass is 547 g/mol. The molecule has 8 heteroatoms. The summed E-state index contributed by atoms with van der Waals surface area (Å²) in [6, 6.07) is 28.6. The van der Waals surface area contributed by atoms with Crippen LogP contribution in [-0.2, 0) is 20.9 Å². The van der Waals surface area contributed by atoms with Gasteiger partial charge in [-0.25, -0.2) is 4.79 Å². The number of hydrogen-bond acceptors (Lipinski definition) is 5. The topological polar surface area (TPSA) is 73.9 Å². The third kappa shape index (κ3) is 8.13. The van der Waals surface area contributed by atoms with Gasteiger partial charge in [-0.2, -0.15) is 0 Å². The molecule has 0 saturated heterocycles. The predicted octanol–water partition coefficient (Wildman–Crippen LogP) is 7.56. The molecule has 0 radical (unpaired) electrons. The maximum atomic E-state index is 12.1. The van der Waals surface area contributed by atoms with Gasteiger partial charge in [-0.05, 0) is 72.3 Å². The molecular formula is C30H23Cl2NO5. The molecule has 38 heavy (non-hydrogen) atoms. The zero-order valence-electron chi connectivity index (χ0n) is 20.1. The number of amides is 1. The smallest absolute Gasteiger partial charge is 0.331 e. The molecule has 6 nitrogen and oxygen atoms in total. The number of esters is 1. The van der Waals surface area contributed by atoms with Crippen molar-refractivity contribution in [2.75, 3.05) is 11.9 Å². The molecule has 0 atom stereocenters. The number of para-hydroxylation sites is 1. The lowest BCUT2D eigenvalue weighted by Crippen LogP contribution is -2.20. The molecule has 1 amide bonds. The average Bonchev–Trinajstić information content (AvgIpc) is 2.93. The Morgan fingerprint density at radius 3 is 2.05 bits per heavy atom. The summed E-state index contributed by atoms with van der Waals surface area (Å²) in [6.45, 7) is -0.184. The summed E-state index contributed by atoms with van der Waals surface area (Å²) in [5.41, 5.74) is 2.02. The fraction of sp³-hybridized carbons (Fsp3) is 0.0667. The van der Waals surface area contributed by atoms with Crippen LogP contribution in [-0.4, -0.2) is 18.5 Å². The molecule has 0 aliphatic heterocycles. The first kappa shape index (κ1) is 26.8. The van der Waals surface area contributed by atoms with E-state index in [4.69, 9.17) is 37.4 Å². The number of carbonyl (C=O) groups excluding carboxylic acids is 2. The van der Waals surface area contributed by atoms with Crippen molar-refractivity contribution in [3.05, 3.63) is 124 Å². The minimum Gasteiger partial charge on any atom is -0.489 e. The van der Waals surface area contributed by atoms with Gasteiger partial charge < -0.3 is 19.5 Å². The number of rotatable bonds is 10. The maximum absolute atomic E-state index is 12.1. The molecule has 0 aliphatic rings. The molecule has 0 heterocycles. The van der Waals surface area contributed by atoms with Crippen molar-refractivity contribution in [2.24, 2.45) is 0 Å². The fourth-order valence-electron chi connectivity index (χ4n) is 3.28. The standard InChI is InChI=1S/C30H23Cl2NO5/c31-27-7-4-8-28(32)26(27)19-36-23-14-9-21(10-15-23)11-18-30(35)37-20-29(34)33-22-12-16-25(17-13-22)38-24-5-2-1-3-6-24/h1-18H,19-20H2,(H,33,34)/b18-11+. The van der Waals surface area contributed by atoms with Crippen molar-refractivity contribution in [3.8, 4) is 17.2 Å². The van der Waals surface area contributed by atoms with E-state index in [1.165, 1.54) is 6.08 Å². The lowest BCUT2D eigenvalue weighted by atomic mass is 10.2. The maximum Gasteiger partial charge on any atom is 0.331 e. The van der Waals surface area contributed by atoms with E-state index in [0.717, 1.165) is 5.56 Å². The first-order valence-corrected chi connectivity index (χ1v) is 12.4. The van der Waals surface area contributed by atoms with Gasteiger partial charge in [-0.1, -0.05) is 59.6 Å². The molecule has 0 unspecified atom stereocenters. The SMILES string of the molecule is O=C(COC(=O)/C=C/c1ccc(OCc2c(Cl)cccc2Cl)cc1)Nc1ccc(Oc2ccccc2)cc1. The van der Waals surface area contributed by atoms with E-state index in [-0.39, 0.29) is 6.61 Å². The predicted molar refractivity (Wildman–Crippen MR) is 149 cm³/mol. The molecule has 0 fully saturated rings. The van der Waals surface area contributed by atoms with Gasteiger partial charge in [0, 0.05) is 27.4 Å². The number of nitrogens with one attached hydrogen (secondary N) is 1. The molecule has 4 aromatic rings. The lowest BCUT2D eigenvalue weighted by Gasteiger charge is -2.09. The van der Waals surface area contributed by atoms with Crippen molar-refractivity contribution in [1.29, 1.82) is 0 Å². The highest BCUT2D eigenvalue weighted by atomic mass is 35.5. The quantitative estimate of drug-likeness (QED) is 0.164. The molecule has 0 spiro atoms. The van der Waals surface area contributed by atoms with E-state index in [1.807, 2.05) is 30.3 Å². The summed E-state index contributed by atoms with van der Waals surface area (Å²) in [5, 5.41) is 3.75. The highest BCUT2D eigenvalue weighted by Gasteiger charge is 2.08. The Morgan fingerprint density at radius 1 is 0.737 bits per heavy atom. The molecule has 4 aromatic carbocycles. The summed E-state index contributed by atoms with van der Waals surface area (Å²) < 4.78 is 16.5. The first-order chi connectivity index (χ1) is 18.5. The van der Waals surface area contributed by atoms with E-state index in [2.05, 4.69) is 5.32 Å². The van der Waals surface area contributed by atoms with Gasteiger partial charge in [-0.3, -0.25) is 4.79 Å². The van der Waals surface area contributed by atoms with Crippen LogP contribution in [0.1, 0.15) is 11.1 Å². The molecular weight excluding hydrogens is 525 g/mol. The van der Waals surface area contributed by atoms with Crippen molar-refractivity contribution in [3.63, 3.8) is 0 Å². The minimum absolute atomic E-state index is 0.230. The number of hydrogen-bond donors (Lipinski definition) is 1. The second kappa shape index (κ2) is 13.3. The number of anilines is 1. The van der Waals surface area contributed by atoms with E-state index < -0.39 is 18.5 Å². The Morgan fingerprint density at radius 2 is 1.37 bits per heavy atom. The van der Waals surface area contributed by atoms with Crippen molar-refractivity contribution in [2.45, 2.75) is 6.61 Å². The first-order valence-electron chi connectivity index (χ1n) is 11.6. The number of carbonyl (C=O) groups is 2. The number of ether oxygens (including phenoxy) is 3.